The second-order valence-electron chi connectivity index (χ2n) is 5.03. The first-order valence-electron chi connectivity index (χ1n) is 7.32. The van der Waals surface area contributed by atoms with Crippen molar-refractivity contribution in [2.45, 2.75) is 6.54 Å². The van der Waals surface area contributed by atoms with E-state index in [1.54, 1.807) is 0 Å². The van der Waals surface area contributed by atoms with Gasteiger partial charge in [0.2, 0.25) is 0 Å². The first-order chi connectivity index (χ1) is 10.8. The van der Waals surface area contributed by atoms with Gasteiger partial charge in [0.05, 0.1) is 13.2 Å². The molecule has 0 aliphatic carbocycles. The van der Waals surface area contributed by atoms with E-state index in [4.69, 9.17) is 10.5 Å². The quantitative estimate of drug-likeness (QED) is 0.682. The molecule has 1 aliphatic heterocycles. The number of ether oxygens (including phenoxy) is 1. The summed E-state index contributed by atoms with van der Waals surface area (Å²) >= 11 is 0. The fourth-order valence-corrected chi connectivity index (χ4v) is 2.26. The van der Waals surface area contributed by atoms with Crippen molar-refractivity contribution < 1.29 is 4.74 Å². The van der Waals surface area contributed by atoms with Crippen LogP contribution in [0.15, 0.2) is 47.7 Å². The van der Waals surface area contributed by atoms with Crippen LogP contribution >= 0.6 is 0 Å². The summed E-state index contributed by atoms with van der Waals surface area (Å²) in [6.07, 6.45) is 3.64. The van der Waals surface area contributed by atoms with Gasteiger partial charge in [0, 0.05) is 31.0 Å². The molecule has 0 spiro atoms. The van der Waals surface area contributed by atoms with Gasteiger partial charge < -0.3 is 15.4 Å². The van der Waals surface area contributed by atoms with Gasteiger partial charge in [-0.15, -0.1) is 0 Å². The van der Waals surface area contributed by atoms with Crippen molar-refractivity contribution >= 4 is 5.96 Å². The highest BCUT2D eigenvalue weighted by molar-refractivity contribution is 5.78. The summed E-state index contributed by atoms with van der Waals surface area (Å²) in [6.45, 7) is 3.33. The molecule has 0 saturated carbocycles. The maximum Gasteiger partial charge on any atom is 0.191 e. The molecule has 0 amide bonds. The van der Waals surface area contributed by atoms with Crippen LogP contribution in [-0.4, -0.2) is 47.1 Å². The van der Waals surface area contributed by atoms with Gasteiger partial charge in [0.1, 0.15) is 12.4 Å². The van der Waals surface area contributed by atoms with Crippen molar-refractivity contribution in [3.63, 3.8) is 0 Å². The number of guanidine groups is 1. The summed E-state index contributed by atoms with van der Waals surface area (Å²) < 4.78 is 5.29. The highest BCUT2D eigenvalue weighted by Crippen LogP contribution is 2.16. The van der Waals surface area contributed by atoms with E-state index in [1.165, 1.54) is 0 Å². The third kappa shape index (κ3) is 3.59. The van der Waals surface area contributed by atoms with E-state index in [2.05, 4.69) is 15.0 Å². The number of rotatable bonds is 3. The van der Waals surface area contributed by atoms with Crippen molar-refractivity contribution in [2.75, 3.05) is 26.3 Å². The second-order valence-corrected chi connectivity index (χ2v) is 5.03. The molecule has 6 heteroatoms. The van der Waals surface area contributed by atoms with Crippen LogP contribution in [0.25, 0.3) is 11.1 Å². The molecule has 2 N–H and O–H groups in total. The van der Waals surface area contributed by atoms with Crippen molar-refractivity contribution in [1.82, 2.24) is 14.9 Å². The number of aliphatic imine (C=N–C) groups is 1. The summed E-state index contributed by atoms with van der Waals surface area (Å²) in [7, 11) is 0. The average Bonchev–Trinajstić information content (AvgIpc) is 2.61. The largest absolute Gasteiger partial charge is 0.378 e. The zero-order valence-corrected chi connectivity index (χ0v) is 12.4. The van der Waals surface area contributed by atoms with Crippen LogP contribution in [0.1, 0.15) is 5.82 Å². The molecule has 0 radical (unpaired) electrons. The highest BCUT2D eigenvalue weighted by Gasteiger charge is 2.12. The van der Waals surface area contributed by atoms with Crippen LogP contribution in [0.3, 0.4) is 0 Å². The minimum atomic E-state index is 0.387. The Hall–Kier alpha value is -2.47. The van der Waals surface area contributed by atoms with Crippen molar-refractivity contribution in [3.8, 4) is 11.1 Å². The van der Waals surface area contributed by atoms with Crippen LogP contribution in [0.5, 0.6) is 0 Å². The first-order valence-corrected chi connectivity index (χ1v) is 7.32. The van der Waals surface area contributed by atoms with Crippen molar-refractivity contribution in [1.29, 1.82) is 0 Å². The fraction of sp³-hybridized carbons (Fsp3) is 0.312. The summed E-state index contributed by atoms with van der Waals surface area (Å²) in [5.74, 6) is 1.19. The van der Waals surface area contributed by atoms with E-state index in [0.29, 0.717) is 31.5 Å². The molecule has 22 heavy (non-hydrogen) atoms. The van der Waals surface area contributed by atoms with Crippen molar-refractivity contribution in [3.05, 3.63) is 48.5 Å². The second kappa shape index (κ2) is 7.00. The van der Waals surface area contributed by atoms with Gasteiger partial charge in [-0.3, -0.25) is 0 Å². The molecule has 6 nitrogen and oxygen atoms in total. The maximum absolute atomic E-state index is 5.98. The zero-order chi connectivity index (χ0) is 15.2. The lowest BCUT2D eigenvalue weighted by atomic mass is 10.1. The standard InChI is InChI=1S/C16H19N5O/c17-16(21-6-8-22-9-7-21)20-12-15-18-10-14(11-19-15)13-4-2-1-3-5-13/h1-5,10-11H,6-9,12H2,(H2,17,20). The highest BCUT2D eigenvalue weighted by atomic mass is 16.5. The number of hydrogen-bond donors (Lipinski definition) is 1. The third-order valence-electron chi connectivity index (χ3n) is 3.53. The Morgan fingerprint density at radius 3 is 2.45 bits per heavy atom. The number of nitrogens with two attached hydrogens (primary N) is 1. The summed E-state index contributed by atoms with van der Waals surface area (Å²) in [6, 6.07) is 10.1. The molecular weight excluding hydrogens is 278 g/mol. The monoisotopic (exact) mass is 297 g/mol. The van der Waals surface area contributed by atoms with Gasteiger partial charge in [-0.1, -0.05) is 30.3 Å². The molecule has 1 aromatic carbocycles. The molecule has 1 fully saturated rings. The van der Waals surface area contributed by atoms with E-state index in [9.17, 15) is 0 Å². The Bertz CT molecular complexity index is 621. The van der Waals surface area contributed by atoms with E-state index < -0.39 is 0 Å². The first kappa shape index (κ1) is 14.5. The maximum atomic E-state index is 5.98. The topological polar surface area (TPSA) is 76.6 Å². The summed E-state index contributed by atoms with van der Waals surface area (Å²) in [5, 5.41) is 0. The Kier molecular flexibility index (Phi) is 4.60. The lowest BCUT2D eigenvalue weighted by molar-refractivity contribution is 0.0674. The number of aromatic nitrogens is 2. The number of morpholine rings is 1. The molecule has 2 heterocycles. The van der Waals surface area contributed by atoms with Crippen LogP contribution in [0, 0.1) is 0 Å². The van der Waals surface area contributed by atoms with Crippen LogP contribution in [0.2, 0.25) is 0 Å². The number of nitrogens with zero attached hydrogens (tertiary/aromatic N) is 4. The minimum Gasteiger partial charge on any atom is -0.378 e. The van der Waals surface area contributed by atoms with Gasteiger partial charge in [-0.25, -0.2) is 15.0 Å². The molecule has 0 bridgehead atoms. The van der Waals surface area contributed by atoms with E-state index in [-0.39, 0.29) is 0 Å². The van der Waals surface area contributed by atoms with Gasteiger partial charge in [-0.05, 0) is 5.56 Å². The predicted molar refractivity (Wildman–Crippen MR) is 85.2 cm³/mol. The van der Waals surface area contributed by atoms with Crippen molar-refractivity contribution in [2.24, 2.45) is 10.7 Å². The predicted octanol–water partition coefficient (Wildman–Crippen LogP) is 1.29. The van der Waals surface area contributed by atoms with Crippen LogP contribution in [0.4, 0.5) is 0 Å². The SMILES string of the molecule is NC(=NCc1ncc(-c2ccccc2)cn1)N1CCOCC1. The summed E-state index contributed by atoms with van der Waals surface area (Å²) in [5.41, 5.74) is 8.08. The molecule has 1 saturated heterocycles. The lowest BCUT2D eigenvalue weighted by Crippen LogP contribution is -2.44. The van der Waals surface area contributed by atoms with Gasteiger partial charge >= 0.3 is 0 Å². The minimum absolute atomic E-state index is 0.387. The van der Waals surface area contributed by atoms with Gasteiger partial charge in [0.25, 0.3) is 0 Å². The third-order valence-corrected chi connectivity index (χ3v) is 3.53. The molecule has 114 valence electrons. The zero-order valence-electron chi connectivity index (χ0n) is 12.4. The average molecular weight is 297 g/mol. The summed E-state index contributed by atoms with van der Waals surface area (Å²) in [4.78, 5) is 15.1. The molecule has 3 rings (SSSR count). The molecule has 2 aromatic rings. The number of benzene rings is 1. The molecule has 0 atom stereocenters. The Labute approximate surface area is 129 Å². The van der Waals surface area contributed by atoms with Crippen LogP contribution < -0.4 is 5.73 Å². The number of hydrogen-bond acceptors (Lipinski definition) is 4. The fourth-order valence-electron chi connectivity index (χ4n) is 2.26. The molecule has 1 aromatic heterocycles. The van der Waals surface area contributed by atoms with Gasteiger partial charge in [0.15, 0.2) is 5.96 Å². The van der Waals surface area contributed by atoms with Crippen LogP contribution in [-0.2, 0) is 11.3 Å². The lowest BCUT2D eigenvalue weighted by Gasteiger charge is -2.27. The smallest absolute Gasteiger partial charge is 0.191 e. The van der Waals surface area contributed by atoms with Gasteiger partial charge in [-0.2, -0.15) is 0 Å². The Morgan fingerprint density at radius 2 is 1.77 bits per heavy atom. The Balaban J connectivity index is 1.63. The van der Waals surface area contributed by atoms with E-state index >= 15 is 0 Å². The molecule has 0 unspecified atom stereocenters. The van der Waals surface area contributed by atoms with E-state index in [0.717, 1.165) is 24.2 Å². The Morgan fingerprint density at radius 1 is 1.09 bits per heavy atom. The van der Waals surface area contributed by atoms with E-state index in [1.807, 2.05) is 47.6 Å². The molecule has 1 aliphatic rings. The molecular formula is C16H19N5O. The normalized spacial score (nSPS) is 15.8.